The average Bonchev–Trinajstić information content (AvgIpc) is 2.76. The molecule has 1 fully saturated rings. The number of hydrogen-bond donors (Lipinski definition) is 1. The fraction of sp³-hybridized carbons (Fsp3) is 0.435. The minimum absolute atomic E-state index is 0.0756. The predicted octanol–water partition coefficient (Wildman–Crippen LogP) is 3.60. The molecule has 0 aromatic heterocycles. The van der Waals surface area contributed by atoms with E-state index >= 15 is 0 Å². The van der Waals surface area contributed by atoms with Gasteiger partial charge in [-0.1, -0.05) is 35.9 Å². The van der Waals surface area contributed by atoms with Crippen molar-refractivity contribution in [2.45, 2.75) is 51.0 Å². The van der Waals surface area contributed by atoms with Crippen molar-refractivity contribution in [3.63, 3.8) is 0 Å². The van der Waals surface area contributed by atoms with E-state index in [1.165, 1.54) is 22.5 Å². The number of carbonyl (C=O) groups is 1. The van der Waals surface area contributed by atoms with E-state index in [1.807, 2.05) is 45.0 Å². The van der Waals surface area contributed by atoms with Gasteiger partial charge in [0.05, 0.1) is 23.8 Å². The van der Waals surface area contributed by atoms with Gasteiger partial charge in [0.2, 0.25) is 10.0 Å². The Balaban J connectivity index is 1.71. The van der Waals surface area contributed by atoms with Gasteiger partial charge in [0, 0.05) is 31.8 Å². The molecule has 1 heterocycles. The molecule has 1 saturated heterocycles. The normalized spacial score (nSPS) is 19.6. The molecule has 2 atom stereocenters. The van der Waals surface area contributed by atoms with Gasteiger partial charge in [0.1, 0.15) is 4.90 Å². The Morgan fingerprint density at radius 3 is 2.38 bits per heavy atom. The zero-order valence-corrected chi connectivity index (χ0v) is 20.1. The van der Waals surface area contributed by atoms with Gasteiger partial charge in [0.25, 0.3) is 5.91 Å². The lowest BCUT2D eigenvalue weighted by Gasteiger charge is -2.34. The number of amides is 1. The summed E-state index contributed by atoms with van der Waals surface area (Å²) in [7, 11) is -3.86. The Morgan fingerprint density at radius 1 is 1.12 bits per heavy atom. The van der Waals surface area contributed by atoms with Crippen molar-refractivity contribution in [1.82, 2.24) is 9.62 Å². The first-order chi connectivity index (χ1) is 15.2. The second kappa shape index (κ2) is 10.8. The summed E-state index contributed by atoms with van der Waals surface area (Å²) < 4.78 is 38.8. The van der Waals surface area contributed by atoms with Crippen LogP contribution in [0, 0.1) is 0 Å². The first-order valence-electron chi connectivity index (χ1n) is 10.6. The topological polar surface area (TPSA) is 84.9 Å². The summed E-state index contributed by atoms with van der Waals surface area (Å²) in [4.78, 5) is 12.6. The number of carbonyl (C=O) groups excluding carboxylic acids is 1. The molecule has 0 aliphatic carbocycles. The van der Waals surface area contributed by atoms with Crippen LogP contribution in [0.3, 0.4) is 0 Å². The van der Waals surface area contributed by atoms with Crippen LogP contribution in [0.15, 0.2) is 47.4 Å². The molecule has 1 N–H and O–H groups in total. The zero-order valence-electron chi connectivity index (χ0n) is 18.5. The van der Waals surface area contributed by atoms with E-state index in [2.05, 4.69) is 5.32 Å². The third-order valence-electron chi connectivity index (χ3n) is 5.15. The molecule has 9 heteroatoms. The van der Waals surface area contributed by atoms with Crippen molar-refractivity contribution < 1.29 is 22.7 Å². The van der Waals surface area contributed by atoms with E-state index in [0.717, 1.165) is 11.1 Å². The van der Waals surface area contributed by atoms with Crippen LogP contribution in [0.4, 0.5) is 0 Å². The largest absolute Gasteiger partial charge is 0.377 e. The van der Waals surface area contributed by atoms with Gasteiger partial charge in [-0.2, -0.15) is 4.31 Å². The summed E-state index contributed by atoms with van der Waals surface area (Å²) in [6.07, 6.45) is -0.447. The zero-order chi connectivity index (χ0) is 23.3. The lowest BCUT2D eigenvalue weighted by molar-refractivity contribution is -0.0440. The smallest absolute Gasteiger partial charge is 0.251 e. The number of sulfonamides is 1. The highest BCUT2D eigenvalue weighted by Gasteiger charge is 2.33. The Morgan fingerprint density at radius 2 is 1.75 bits per heavy atom. The number of ether oxygens (including phenoxy) is 2. The Labute approximate surface area is 194 Å². The Kier molecular flexibility index (Phi) is 8.30. The fourth-order valence-electron chi connectivity index (χ4n) is 3.57. The molecule has 0 bridgehead atoms. The molecular formula is C23H29ClN2O5S. The van der Waals surface area contributed by atoms with E-state index in [-0.39, 0.29) is 46.7 Å². The van der Waals surface area contributed by atoms with Gasteiger partial charge in [-0.25, -0.2) is 8.42 Å². The minimum atomic E-state index is -3.86. The van der Waals surface area contributed by atoms with Crippen LogP contribution in [-0.4, -0.2) is 50.5 Å². The average molecular weight is 481 g/mol. The van der Waals surface area contributed by atoms with E-state index in [4.69, 9.17) is 21.1 Å². The molecule has 0 radical (unpaired) electrons. The summed E-state index contributed by atoms with van der Waals surface area (Å²) in [6, 6.07) is 12.1. The Hall–Kier alpha value is -1.97. The van der Waals surface area contributed by atoms with Crippen molar-refractivity contribution in [2.24, 2.45) is 0 Å². The maximum absolute atomic E-state index is 13.2. The van der Waals surface area contributed by atoms with Crippen LogP contribution in [0.25, 0.3) is 0 Å². The van der Waals surface area contributed by atoms with Gasteiger partial charge >= 0.3 is 0 Å². The first-order valence-corrected chi connectivity index (χ1v) is 12.4. The van der Waals surface area contributed by atoms with Crippen LogP contribution in [-0.2, 0) is 32.6 Å². The SMILES string of the molecule is CCOCc1ccc(CNC(=O)c2ccc(Cl)c(S(=O)(=O)N3CC(C)OC(C)C3)c2)cc1. The van der Waals surface area contributed by atoms with Crippen LogP contribution in [0.2, 0.25) is 5.02 Å². The standard InChI is InChI=1S/C23H29ClN2O5S/c1-4-30-15-19-7-5-18(6-8-19)12-25-23(27)20-9-10-21(24)22(11-20)32(28,29)26-13-16(2)31-17(3)14-26/h5-11,16-17H,4,12-15H2,1-3H3,(H,25,27). The van der Waals surface area contributed by atoms with E-state index in [1.54, 1.807) is 0 Å². The maximum Gasteiger partial charge on any atom is 0.251 e. The molecule has 0 saturated carbocycles. The summed E-state index contributed by atoms with van der Waals surface area (Å²) in [6.45, 7) is 7.58. The van der Waals surface area contributed by atoms with Crippen LogP contribution in [0.1, 0.15) is 42.3 Å². The first kappa shape index (κ1) is 24.7. The van der Waals surface area contributed by atoms with Crippen molar-refractivity contribution >= 4 is 27.5 Å². The van der Waals surface area contributed by atoms with Crippen LogP contribution < -0.4 is 5.32 Å². The van der Waals surface area contributed by atoms with Crippen molar-refractivity contribution in [1.29, 1.82) is 0 Å². The van der Waals surface area contributed by atoms with Gasteiger partial charge in [0.15, 0.2) is 0 Å². The lowest BCUT2D eigenvalue weighted by atomic mass is 10.1. The van der Waals surface area contributed by atoms with E-state index in [9.17, 15) is 13.2 Å². The molecule has 2 aromatic rings. The molecule has 2 aromatic carbocycles. The summed E-state index contributed by atoms with van der Waals surface area (Å²) in [5.74, 6) is -0.375. The van der Waals surface area contributed by atoms with Gasteiger partial charge < -0.3 is 14.8 Å². The third kappa shape index (κ3) is 6.08. The number of halogens is 1. The van der Waals surface area contributed by atoms with E-state index < -0.39 is 10.0 Å². The monoisotopic (exact) mass is 480 g/mol. The van der Waals surface area contributed by atoms with Gasteiger partial charge in [-0.3, -0.25) is 4.79 Å². The second-order valence-corrected chi connectivity index (χ2v) is 10.2. The number of rotatable bonds is 8. The molecule has 1 aliphatic rings. The minimum Gasteiger partial charge on any atom is -0.377 e. The predicted molar refractivity (Wildman–Crippen MR) is 123 cm³/mol. The van der Waals surface area contributed by atoms with Crippen LogP contribution >= 0.6 is 11.6 Å². The van der Waals surface area contributed by atoms with E-state index in [0.29, 0.717) is 19.8 Å². The quantitative estimate of drug-likeness (QED) is 0.624. The van der Waals surface area contributed by atoms with Gasteiger partial charge in [-0.05, 0) is 50.1 Å². The molecule has 1 amide bonds. The molecule has 1 aliphatic heterocycles. The molecule has 174 valence electrons. The molecule has 0 spiro atoms. The highest BCUT2D eigenvalue weighted by molar-refractivity contribution is 7.89. The highest BCUT2D eigenvalue weighted by atomic mass is 35.5. The highest BCUT2D eigenvalue weighted by Crippen LogP contribution is 2.28. The lowest BCUT2D eigenvalue weighted by Crippen LogP contribution is -2.48. The second-order valence-electron chi connectivity index (χ2n) is 7.86. The maximum atomic E-state index is 13.2. The Bertz CT molecular complexity index is 1030. The third-order valence-corrected chi connectivity index (χ3v) is 7.46. The number of nitrogens with zero attached hydrogens (tertiary/aromatic N) is 1. The van der Waals surface area contributed by atoms with Crippen molar-refractivity contribution in [3.05, 3.63) is 64.2 Å². The molecule has 32 heavy (non-hydrogen) atoms. The summed E-state index contributed by atoms with van der Waals surface area (Å²) >= 11 is 6.22. The number of benzene rings is 2. The van der Waals surface area contributed by atoms with Gasteiger partial charge in [-0.15, -0.1) is 0 Å². The molecule has 2 unspecified atom stereocenters. The summed E-state index contributed by atoms with van der Waals surface area (Å²) in [5, 5.41) is 2.91. The molecule has 3 rings (SSSR count). The molecule has 7 nitrogen and oxygen atoms in total. The molecular weight excluding hydrogens is 452 g/mol. The van der Waals surface area contributed by atoms with Crippen molar-refractivity contribution in [2.75, 3.05) is 19.7 Å². The van der Waals surface area contributed by atoms with Crippen LogP contribution in [0.5, 0.6) is 0 Å². The summed E-state index contributed by atoms with van der Waals surface area (Å²) in [5.41, 5.74) is 2.22. The number of nitrogens with one attached hydrogen (secondary N) is 1. The van der Waals surface area contributed by atoms with Crippen molar-refractivity contribution in [3.8, 4) is 0 Å². The fourth-order valence-corrected chi connectivity index (χ4v) is 5.66. The number of hydrogen-bond acceptors (Lipinski definition) is 5. The number of morpholine rings is 1.